The van der Waals surface area contributed by atoms with Crippen molar-refractivity contribution >= 4 is 44.3 Å². The third-order valence-corrected chi connectivity index (χ3v) is 6.47. The zero-order valence-corrected chi connectivity index (χ0v) is 18.9. The highest BCUT2D eigenvalue weighted by molar-refractivity contribution is 7.92. The van der Waals surface area contributed by atoms with E-state index in [1.165, 1.54) is 43.4 Å². The van der Waals surface area contributed by atoms with Gasteiger partial charge in [-0.2, -0.15) is 0 Å². The number of nitrogens with zero attached hydrogens (tertiary/aromatic N) is 1. The molecule has 3 aromatic carbocycles. The van der Waals surface area contributed by atoms with Crippen LogP contribution in [-0.4, -0.2) is 32.8 Å². The summed E-state index contributed by atoms with van der Waals surface area (Å²) >= 11 is 6.26. The molecule has 0 amide bonds. The first kappa shape index (κ1) is 22.6. The molecule has 0 atom stereocenters. The number of hydrogen-bond acceptors (Lipinski definition) is 5. The Bertz CT molecular complexity index is 1460. The van der Waals surface area contributed by atoms with Crippen LogP contribution in [-0.2, 0) is 10.0 Å². The average Bonchev–Trinajstić information content (AvgIpc) is 3.12. The zero-order valence-electron chi connectivity index (χ0n) is 17.4. The molecular formula is C23H17ClFNO6S. The lowest BCUT2D eigenvalue weighted by molar-refractivity contribution is 0.0699. The maximum atomic E-state index is 13.1. The first-order valence-corrected chi connectivity index (χ1v) is 11.7. The number of sulfonamides is 1. The molecule has 1 N–H and O–H groups in total. The summed E-state index contributed by atoms with van der Waals surface area (Å²) in [4.78, 5) is 12.0. The van der Waals surface area contributed by atoms with Gasteiger partial charge in [0.15, 0.2) is 0 Å². The van der Waals surface area contributed by atoms with Crippen LogP contribution in [0.1, 0.15) is 10.4 Å². The smallest absolute Gasteiger partial charge is 0.340 e. The Morgan fingerprint density at radius 1 is 1.06 bits per heavy atom. The molecule has 0 saturated heterocycles. The van der Waals surface area contributed by atoms with Gasteiger partial charge in [-0.15, -0.1) is 0 Å². The number of halogens is 2. The summed E-state index contributed by atoms with van der Waals surface area (Å²) in [5.74, 6) is -0.624. The van der Waals surface area contributed by atoms with Gasteiger partial charge in [0.25, 0.3) is 0 Å². The first-order chi connectivity index (χ1) is 15.5. The standard InChI is InChI=1S/C23H17ClFNO6S/c1-26(33(2,29)30)19-12-20-17(11-18(19)24)21(23(27)28)22(32-20)13-3-7-15(8-4-13)31-16-9-5-14(25)6-10-16/h3-12H,1-2H3,(H,27,28). The minimum Gasteiger partial charge on any atom is -0.478 e. The van der Waals surface area contributed by atoms with Crippen LogP contribution < -0.4 is 9.04 Å². The number of fused-ring (bicyclic) bond motifs is 1. The van der Waals surface area contributed by atoms with E-state index in [1.54, 1.807) is 24.3 Å². The van der Waals surface area contributed by atoms with Crippen molar-refractivity contribution in [2.45, 2.75) is 0 Å². The predicted octanol–water partition coefficient (Wildman–Crippen LogP) is 5.78. The molecule has 10 heteroatoms. The van der Waals surface area contributed by atoms with Gasteiger partial charge in [-0.25, -0.2) is 17.6 Å². The summed E-state index contributed by atoms with van der Waals surface area (Å²) < 4.78 is 49.4. The largest absolute Gasteiger partial charge is 0.478 e. The van der Waals surface area contributed by atoms with E-state index in [0.29, 0.717) is 17.1 Å². The third kappa shape index (κ3) is 4.50. The molecule has 7 nitrogen and oxygen atoms in total. The van der Waals surface area contributed by atoms with Crippen molar-refractivity contribution in [3.8, 4) is 22.8 Å². The van der Waals surface area contributed by atoms with E-state index in [2.05, 4.69) is 0 Å². The van der Waals surface area contributed by atoms with Gasteiger partial charge in [-0.05, 0) is 54.6 Å². The number of furan rings is 1. The number of benzene rings is 3. The van der Waals surface area contributed by atoms with Gasteiger partial charge in [0.05, 0.1) is 17.0 Å². The fraction of sp³-hybridized carbons (Fsp3) is 0.0870. The molecule has 0 fully saturated rings. The van der Waals surface area contributed by atoms with Gasteiger partial charge >= 0.3 is 5.97 Å². The highest BCUT2D eigenvalue weighted by Gasteiger charge is 2.25. The maximum absolute atomic E-state index is 13.1. The van der Waals surface area contributed by atoms with Crippen LogP contribution in [0.2, 0.25) is 5.02 Å². The number of carbonyl (C=O) groups is 1. The second kappa shape index (κ2) is 8.42. The number of carboxylic acids is 1. The first-order valence-electron chi connectivity index (χ1n) is 9.51. The molecule has 0 unspecified atom stereocenters. The van der Waals surface area contributed by atoms with Crippen molar-refractivity contribution in [2.24, 2.45) is 0 Å². The van der Waals surface area contributed by atoms with Crippen LogP contribution in [0.25, 0.3) is 22.3 Å². The summed E-state index contributed by atoms with van der Waals surface area (Å²) in [7, 11) is -2.26. The molecular weight excluding hydrogens is 473 g/mol. The number of aromatic carboxylic acids is 1. The maximum Gasteiger partial charge on any atom is 0.340 e. The lowest BCUT2D eigenvalue weighted by Gasteiger charge is -2.17. The Hall–Kier alpha value is -3.56. The van der Waals surface area contributed by atoms with Crippen molar-refractivity contribution in [3.05, 3.63) is 77.1 Å². The van der Waals surface area contributed by atoms with Crippen LogP contribution in [0.3, 0.4) is 0 Å². The normalized spacial score (nSPS) is 11.5. The highest BCUT2D eigenvalue weighted by Crippen LogP contribution is 2.39. The lowest BCUT2D eigenvalue weighted by atomic mass is 10.1. The average molecular weight is 490 g/mol. The van der Waals surface area contributed by atoms with E-state index in [4.69, 9.17) is 20.8 Å². The van der Waals surface area contributed by atoms with E-state index in [1.807, 2.05) is 0 Å². The number of hydrogen-bond donors (Lipinski definition) is 1. The summed E-state index contributed by atoms with van der Waals surface area (Å²) in [6.07, 6.45) is 1.03. The fourth-order valence-electron chi connectivity index (χ4n) is 3.25. The van der Waals surface area contributed by atoms with Crippen LogP contribution in [0.15, 0.2) is 65.1 Å². The Morgan fingerprint density at radius 3 is 2.18 bits per heavy atom. The second-order valence-electron chi connectivity index (χ2n) is 7.22. The lowest BCUT2D eigenvalue weighted by Crippen LogP contribution is -2.25. The molecule has 1 aromatic heterocycles. The summed E-state index contributed by atoms with van der Waals surface area (Å²) in [6, 6.07) is 14.8. The minimum atomic E-state index is -3.60. The quantitative estimate of drug-likeness (QED) is 0.369. The topological polar surface area (TPSA) is 97.1 Å². The van der Waals surface area contributed by atoms with E-state index in [9.17, 15) is 22.7 Å². The van der Waals surface area contributed by atoms with Gasteiger partial charge in [0.2, 0.25) is 10.0 Å². The Balaban J connectivity index is 1.76. The Labute approximate surface area is 193 Å². The van der Waals surface area contributed by atoms with E-state index >= 15 is 0 Å². The molecule has 0 bridgehead atoms. The summed E-state index contributed by atoms with van der Waals surface area (Å²) in [5, 5.41) is 10.1. The number of ether oxygens (including phenoxy) is 1. The molecule has 0 aliphatic rings. The molecule has 0 radical (unpaired) electrons. The molecule has 1 heterocycles. The van der Waals surface area contributed by atoms with Gasteiger partial charge < -0.3 is 14.3 Å². The molecule has 0 spiro atoms. The molecule has 4 rings (SSSR count). The van der Waals surface area contributed by atoms with Crippen molar-refractivity contribution in [1.29, 1.82) is 0 Å². The van der Waals surface area contributed by atoms with Crippen molar-refractivity contribution in [1.82, 2.24) is 0 Å². The van der Waals surface area contributed by atoms with Crippen LogP contribution in [0.5, 0.6) is 11.5 Å². The van der Waals surface area contributed by atoms with Crippen LogP contribution >= 0.6 is 11.6 Å². The SMILES string of the molecule is CN(c1cc2oc(-c3ccc(Oc4ccc(F)cc4)cc3)c(C(=O)O)c2cc1Cl)S(C)(=O)=O. The molecule has 170 valence electrons. The third-order valence-electron chi connectivity index (χ3n) is 4.97. The van der Waals surface area contributed by atoms with Gasteiger partial charge in [0, 0.05) is 24.1 Å². The summed E-state index contributed by atoms with van der Waals surface area (Å²) in [5.41, 5.74) is 0.688. The second-order valence-corrected chi connectivity index (χ2v) is 9.64. The van der Waals surface area contributed by atoms with Crippen molar-refractivity contribution in [2.75, 3.05) is 17.6 Å². The van der Waals surface area contributed by atoms with E-state index < -0.39 is 16.0 Å². The molecule has 4 aromatic rings. The van der Waals surface area contributed by atoms with Gasteiger partial charge in [0.1, 0.15) is 34.2 Å². The Morgan fingerprint density at radius 2 is 1.64 bits per heavy atom. The fourth-order valence-corrected chi connectivity index (χ4v) is 4.10. The minimum absolute atomic E-state index is 0.0633. The van der Waals surface area contributed by atoms with E-state index in [0.717, 1.165) is 10.6 Å². The van der Waals surface area contributed by atoms with Crippen LogP contribution in [0, 0.1) is 5.82 Å². The zero-order chi connectivity index (χ0) is 23.9. The number of carboxylic acid groups (broad SMARTS) is 1. The Kier molecular flexibility index (Phi) is 5.77. The van der Waals surface area contributed by atoms with E-state index in [-0.39, 0.29) is 38.8 Å². The van der Waals surface area contributed by atoms with Crippen molar-refractivity contribution in [3.63, 3.8) is 0 Å². The highest BCUT2D eigenvalue weighted by atomic mass is 35.5. The van der Waals surface area contributed by atoms with Crippen LogP contribution in [0.4, 0.5) is 10.1 Å². The molecule has 0 saturated carbocycles. The molecule has 33 heavy (non-hydrogen) atoms. The predicted molar refractivity (Wildman–Crippen MR) is 123 cm³/mol. The number of rotatable bonds is 6. The van der Waals surface area contributed by atoms with Gasteiger partial charge in [-0.3, -0.25) is 4.31 Å². The monoisotopic (exact) mass is 489 g/mol. The molecule has 0 aliphatic carbocycles. The van der Waals surface area contributed by atoms with Crippen molar-refractivity contribution < 1.29 is 31.9 Å². The number of anilines is 1. The molecule has 0 aliphatic heterocycles. The van der Waals surface area contributed by atoms with Gasteiger partial charge in [-0.1, -0.05) is 11.6 Å². The summed E-state index contributed by atoms with van der Waals surface area (Å²) in [6.45, 7) is 0.